The van der Waals surface area contributed by atoms with E-state index in [1.807, 2.05) is 13.8 Å². The number of hydrogen-bond acceptors (Lipinski definition) is 5. The smallest absolute Gasteiger partial charge is 0.259 e. The lowest BCUT2D eigenvalue weighted by atomic mass is 10.2. The molecule has 2 unspecified atom stereocenters. The molecule has 2 atom stereocenters. The van der Waals surface area contributed by atoms with Crippen molar-refractivity contribution in [2.45, 2.75) is 44.4 Å². The monoisotopic (exact) mass is 291 g/mol. The Balaban J connectivity index is 2.47. The van der Waals surface area contributed by atoms with E-state index >= 15 is 0 Å². The summed E-state index contributed by atoms with van der Waals surface area (Å²) in [6.45, 7) is 5.86. The molecule has 1 rings (SSSR count). The maximum absolute atomic E-state index is 11.8. The molecule has 0 spiro atoms. The van der Waals surface area contributed by atoms with Crippen LogP contribution in [0, 0.1) is 6.92 Å². The van der Waals surface area contributed by atoms with Crippen molar-refractivity contribution in [3.05, 3.63) is 12.0 Å². The van der Waals surface area contributed by atoms with E-state index < -0.39 is 16.1 Å². The third kappa shape index (κ3) is 5.27. The van der Waals surface area contributed by atoms with E-state index in [2.05, 4.69) is 14.7 Å². The number of imidazole rings is 1. The van der Waals surface area contributed by atoms with Crippen LogP contribution in [0.4, 0.5) is 0 Å². The quantitative estimate of drug-likeness (QED) is 0.633. The molecule has 3 N–H and O–H groups in total. The van der Waals surface area contributed by atoms with Crippen LogP contribution in [0.1, 0.15) is 26.1 Å². The SMILES string of the molecule is CCOC(C)CC(O)CNS(=O)(=O)c1c[nH]c(C)n1. The molecule has 0 fully saturated rings. The van der Waals surface area contributed by atoms with Gasteiger partial charge < -0.3 is 14.8 Å². The summed E-state index contributed by atoms with van der Waals surface area (Å²) in [6.07, 6.45) is 0.775. The summed E-state index contributed by atoms with van der Waals surface area (Å²) in [6, 6.07) is 0. The molecule has 0 bridgehead atoms. The minimum absolute atomic E-state index is 0.0638. The number of aryl methyl sites for hydroxylation is 1. The number of nitrogens with one attached hydrogen (secondary N) is 2. The first-order valence-corrected chi connectivity index (χ1v) is 7.64. The Morgan fingerprint density at radius 3 is 2.79 bits per heavy atom. The third-order valence-electron chi connectivity index (χ3n) is 2.52. The Kier molecular flexibility index (Phi) is 5.92. The fourth-order valence-electron chi connectivity index (χ4n) is 1.63. The summed E-state index contributed by atoms with van der Waals surface area (Å²) in [5, 5.41) is 9.65. The van der Waals surface area contributed by atoms with Crippen LogP contribution in [0.25, 0.3) is 0 Å². The topological polar surface area (TPSA) is 104 Å². The highest BCUT2D eigenvalue weighted by Crippen LogP contribution is 2.06. The molecule has 0 saturated carbocycles. The number of aliphatic hydroxyl groups excluding tert-OH is 1. The van der Waals surface area contributed by atoms with Crippen LogP contribution in [0.5, 0.6) is 0 Å². The molecule has 0 saturated heterocycles. The second-order valence-corrected chi connectivity index (χ2v) is 6.05. The fourth-order valence-corrected chi connectivity index (χ4v) is 2.66. The number of aromatic nitrogens is 2. The van der Waals surface area contributed by atoms with Gasteiger partial charge in [-0.15, -0.1) is 0 Å². The normalized spacial score (nSPS) is 15.4. The number of ether oxygens (including phenoxy) is 1. The third-order valence-corrected chi connectivity index (χ3v) is 3.83. The summed E-state index contributed by atoms with van der Waals surface area (Å²) in [7, 11) is -3.68. The number of H-pyrrole nitrogens is 1. The number of nitrogens with zero attached hydrogens (tertiary/aromatic N) is 1. The predicted molar refractivity (Wildman–Crippen MR) is 70.2 cm³/mol. The molecule has 0 aliphatic heterocycles. The molecule has 1 aromatic rings. The molecule has 110 valence electrons. The number of aromatic amines is 1. The maximum atomic E-state index is 11.8. The average Bonchev–Trinajstić information content (AvgIpc) is 2.74. The van der Waals surface area contributed by atoms with E-state index in [4.69, 9.17) is 4.74 Å². The number of sulfonamides is 1. The van der Waals surface area contributed by atoms with Gasteiger partial charge in [-0.25, -0.2) is 18.1 Å². The molecular weight excluding hydrogens is 270 g/mol. The zero-order valence-electron chi connectivity index (χ0n) is 11.4. The fraction of sp³-hybridized carbons (Fsp3) is 0.727. The molecule has 8 heteroatoms. The van der Waals surface area contributed by atoms with Crippen molar-refractivity contribution in [2.75, 3.05) is 13.2 Å². The molecule has 1 aromatic heterocycles. The molecule has 0 radical (unpaired) electrons. The summed E-state index contributed by atoms with van der Waals surface area (Å²) < 4.78 is 31.2. The van der Waals surface area contributed by atoms with Gasteiger partial charge in [0.2, 0.25) is 0 Å². The van der Waals surface area contributed by atoms with Crippen LogP contribution in [0.3, 0.4) is 0 Å². The van der Waals surface area contributed by atoms with Gasteiger partial charge in [-0.05, 0) is 20.8 Å². The highest BCUT2D eigenvalue weighted by atomic mass is 32.2. The van der Waals surface area contributed by atoms with Crippen LogP contribution in [-0.2, 0) is 14.8 Å². The largest absolute Gasteiger partial charge is 0.392 e. The molecule has 0 aliphatic carbocycles. The molecule has 19 heavy (non-hydrogen) atoms. The second kappa shape index (κ2) is 6.99. The van der Waals surface area contributed by atoms with Crippen molar-refractivity contribution < 1.29 is 18.3 Å². The van der Waals surface area contributed by atoms with Gasteiger partial charge in [0.1, 0.15) is 5.82 Å². The molecule has 1 heterocycles. The van der Waals surface area contributed by atoms with Crippen LogP contribution >= 0.6 is 0 Å². The van der Waals surface area contributed by atoms with E-state index in [1.54, 1.807) is 6.92 Å². The predicted octanol–water partition coefficient (Wildman–Crippen LogP) is 0.172. The van der Waals surface area contributed by atoms with Crippen molar-refractivity contribution in [3.63, 3.8) is 0 Å². The van der Waals surface area contributed by atoms with E-state index in [9.17, 15) is 13.5 Å². The standard InChI is InChI=1S/C11H21N3O4S/c1-4-18-8(2)5-10(15)6-13-19(16,17)11-7-12-9(3)14-11/h7-8,10,13,15H,4-6H2,1-3H3,(H,12,14). The van der Waals surface area contributed by atoms with E-state index in [0.29, 0.717) is 18.9 Å². The summed E-state index contributed by atoms with van der Waals surface area (Å²) in [5.41, 5.74) is 0. The molecule has 0 aliphatic rings. The van der Waals surface area contributed by atoms with E-state index in [0.717, 1.165) is 0 Å². The Hall–Kier alpha value is -0.960. The van der Waals surface area contributed by atoms with Gasteiger partial charge in [-0.3, -0.25) is 0 Å². The van der Waals surface area contributed by atoms with Crippen molar-refractivity contribution in [3.8, 4) is 0 Å². The van der Waals surface area contributed by atoms with Crippen molar-refractivity contribution in [2.24, 2.45) is 0 Å². The Morgan fingerprint density at radius 2 is 2.26 bits per heavy atom. The molecule has 0 aromatic carbocycles. The second-order valence-electron chi connectivity index (χ2n) is 4.33. The number of rotatable bonds is 8. The summed E-state index contributed by atoms with van der Waals surface area (Å²) in [5.74, 6) is 0.519. The van der Waals surface area contributed by atoms with Crippen LogP contribution in [0.15, 0.2) is 11.2 Å². The van der Waals surface area contributed by atoms with Gasteiger partial charge in [-0.1, -0.05) is 0 Å². The first-order valence-electron chi connectivity index (χ1n) is 6.16. The van der Waals surface area contributed by atoms with E-state index in [-0.39, 0.29) is 17.7 Å². The van der Waals surface area contributed by atoms with E-state index in [1.165, 1.54) is 6.20 Å². The zero-order chi connectivity index (χ0) is 14.5. The van der Waals surface area contributed by atoms with Crippen LogP contribution in [-0.4, -0.2) is 48.9 Å². The van der Waals surface area contributed by atoms with Crippen LogP contribution < -0.4 is 4.72 Å². The lowest BCUT2D eigenvalue weighted by molar-refractivity contribution is 0.0327. The van der Waals surface area contributed by atoms with Gasteiger partial charge in [0.05, 0.1) is 12.2 Å². The van der Waals surface area contributed by atoms with Gasteiger partial charge >= 0.3 is 0 Å². The Bertz CT molecular complexity index is 486. The Labute approximate surface area is 113 Å². The highest BCUT2D eigenvalue weighted by molar-refractivity contribution is 7.89. The highest BCUT2D eigenvalue weighted by Gasteiger charge is 2.19. The van der Waals surface area contributed by atoms with Crippen LogP contribution in [0.2, 0.25) is 0 Å². The molecule has 0 amide bonds. The Morgan fingerprint density at radius 1 is 1.58 bits per heavy atom. The van der Waals surface area contributed by atoms with Gasteiger partial charge in [-0.2, -0.15) is 0 Å². The first kappa shape index (κ1) is 16.1. The van der Waals surface area contributed by atoms with Crippen molar-refractivity contribution in [1.29, 1.82) is 0 Å². The number of aliphatic hydroxyl groups is 1. The lowest BCUT2D eigenvalue weighted by Crippen LogP contribution is -2.34. The van der Waals surface area contributed by atoms with Crippen molar-refractivity contribution >= 4 is 10.0 Å². The maximum Gasteiger partial charge on any atom is 0.259 e. The lowest BCUT2D eigenvalue weighted by Gasteiger charge is -2.16. The van der Waals surface area contributed by atoms with Gasteiger partial charge in [0.15, 0.2) is 5.03 Å². The van der Waals surface area contributed by atoms with Crippen molar-refractivity contribution in [1.82, 2.24) is 14.7 Å². The molecular formula is C11H21N3O4S. The van der Waals surface area contributed by atoms with Gasteiger partial charge in [0, 0.05) is 25.8 Å². The first-order chi connectivity index (χ1) is 8.85. The number of hydrogen-bond donors (Lipinski definition) is 3. The molecule has 7 nitrogen and oxygen atoms in total. The minimum Gasteiger partial charge on any atom is -0.392 e. The summed E-state index contributed by atoms with van der Waals surface area (Å²) in [4.78, 5) is 6.54. The average molecular weight is 291 g/mol. The minimum atomic E-state index is -3.68. The summed E-state index contributed by atoms with van der Waals surface area (Å²) >= 11 is 0. The van der Waals surface area contributed by atoms with Gasteiger partial charge in [0.25, 0.3) is 10.0 Å². The zero-order valence-corrected chi connectivity index (χ0v) is 12.2.